The van der Waals surface area contributed by atoms with Gasteiger partial charge in [-0.3, -0.25) is 4.21 Å². The predicted molar refractivity (Wildman–Crippen MR) is 93.4 cm³/mol. The average Bonchev–Trinajstić information content (AvgIpc) is 2.54. The van der Waals surface area contributed by atoms with Gasteiger partial charge in [0.05, 0.1) is 0 Å². The van der Waals surface area contributed by atoms with Crippen LogP contribution in [0.25, 0.3) is 0 Å². The third kappa shape index (κ3) is 3.74. The van der Waals surface area contributed by atoms with E-state index in [0.717, 1.165) is 12.0 Å². The molecule has 3 rings (SSSR count). The topological polar surface area (TPSA) is 49.4 Å². The number of carbonyl (C=O) groups is 1. The molecular formula is C17H17ClN2O2S. The van der Waals surface area contributed by atoms with Crippen LogP contribution in [-0.4, -0.2) is 27.9 Å². The van der Waals surface area contributed by atoms with Gasteiger partial charge in [0.1, 0.15) is 0 Å². The Bertz CT molecular complexity index is 779. The summed E-state index contributed by atoms with van der Waals surface area (Å²) in [5.74, 6) is 0. The molecule has 0 spiro atoms. The minimum absolute atomic E-state index is 0.158. The Kier molecular flexibility index (Phi) is 4.68. The van der Waals surface area contributed by atoms with Crippen molar-refractivity contribution < 1.29 is 9.00 Å². The zero-order chi connectivity index (χ0) is 16.4. The monoisotopic (exact) mass is 348 g/mol. The summed E-state index contributed by atoms with van der Waals surface area (Å²) in [7, 11) is -1.07. The number of urea groups is 1. The van der Waals surface area contributed by atoms with Gasteiger partial charge in [0, 0.05) is 45.8 Å². The van der Waals surface area contributed by atoms with Crippen LogP contribution < -0.4 is 5.32 Å². The molecule has 1 heterocycles. The summed E-state index contributed by atoms with van der Waals surface area (Å²) in [5.41, 5.74) is 2.98. The predicted octanol–water partition coefficient (Wildman–Crippen LogP) is 3.67. The van der Waals surface area contributed by atoms with E-state index in [0.29, 0.717) is 28.7 Å². The van der Waals surface area contributed by atoms with Crippen molar-refractivity contribution in [1.29, 1.82) is 0 Å². The molecule has 0 radical (unpaired) electrons. The first-order chi connectivity index (χ1) is 11.0. The SMILES string of the molecule is C[S@@](=O)c1cccc(NC(=O)N2CCc3ccc(Cl)cc3C2)c1. The van der Waals surface area contributed by atoms with Crippen molar-refractivity contribution in [3.8, 4) is 0 Å². The molecule has 4 nitrogen and oxygen atoms in total. The molecule has 6 heteroatoms. The first kappa shape index (κ1) is 16.0. The van der Waals surface area contributed by atoms with Crippen LogP contribution in [0, 0.1) is 0 Å². The van der Waals surface area contributed by atoms with Crippen LogP contribution >= 0.6 is 11.6 Å². The maximum Gasteiger partial charge on any atom is 0.322 e. The van der Waals surface area contributed by atoms with Gasteiger partial charge in [0.25, 0.3) is 0 Å². The van der Waals surface area contributed by atoms with Gasteiger partial charge in [-0.2, -0.15) is 0 Å². The summed E-state index contributed by atoms with van der Waals surface area (Å²) in [4.78, 5) is 14.9. The normalized spacial score (nSPS) is 15.0. The number of amides is 2. The quantitative estimate of drug-likeness (QED) is 0.900. The van der Waals surface area contributed by atoms with Crippen LogP contribution in [0.15, 0.2) is 47.4 Å². The fourth-order valence-corrected chi connectivity index (χ4v) is 3.41. The third-order valence-corrected chi connectivity index (χ3v) is 5.04. The van der Waals surface area contributed by atoms with Gasteiger partial charge in [-0.1, -0.05) is 23.7 Å². The van der Waals surface area contributed by atoms with Gasteiger partial charge in [0.15, 0.2) is 0 Å². The van der Waals surface area contributed by atoms with E-state index in [-0.39, 0.29) is 6.03 Å². The summed E-state index contributed by atoms with van der Waals surface area (Å²) in [5, 5.41) is 3.56. The molecule has 23 heavy (non-hydrogen) atoms. The number of benzene rings is 2. The van der Waals surface area contributed by atoms with Crippen molar-refractivity contribution in [3.63, 3.8) is 0 Å². The minimum atomic E-state index is -1.07. The molecule has 0 unspecified atom stereocenters. The van der Waals surface area contributed by atoms with Crippen molar-refractivity contribution in [3.05, 3.63) is 58.6 Å². The largest absolute Gasteiger partial charge is 0.322 e. The average molecular weight is 349 g/mol. The molecular weight excluding hydrogens is 332 g/mol. The van der Waals surface area contributed by atoms with Crippen LogP contribution in [0.2, 0.25) is 5.02 Å². The van der Waals surface area contributed by atoms with E-state index in [1.807, 2.05) is 18.2 Å². The van der Waals surface area contributed by atoms with Gasteiger partial charge in [0.2, 0.25) is 0 Å². The van der Waals surface area contributed by atoms with Crippen molar-refractivity contribution in [2.75, 3.05) is 18.1 Å². The summed E-state index contributed by atoms with van der Waals surface area (Å²) < 4.78 is 11.5. The van der Waals surface area contributed by atoms with E-state index in [1.54, 1.807) is 35.4 Å². The summed E-state index contributed by atoms with van der Waals surface area (Å²) in [6, 6.07) is 12.8. The second-order valence-corrected chi connectivity index (χ2v) is 7.31. The Morgan fingerprint density at radius 3 is 2.83 bits per heavy atom. The molecule has 0 saturated heterocycles. The highest BCUT2D eigenvalue weighted by Gasteiger charge is 2.21. The fraction of sp³-hybridized carbons (Fsp3) is 0.235. The highest BCUT2D eigenvalue weighted by molar-refractivity contribution is 7.84. The lowest BCUT2D eigenvalue weighted by molar-refractivity contribution is 0.206. The molecule has 1 aliphatic heterocycles. The molecule has 1 aliphatic rings. The van der Waals surface area contributed by atoms with Crippen LogP contribution in [-0.2, 0) is 23.8 Å². The van der Waals surface area contributed by atoms with Crippen molar-refractivity contribution in [2.24, 2.45) is 0 Å². The zero-order valence-electron chi connectivity index (χ0n) is 12.7. The molecule has 0 saturated carbocycles. The molecule has 2 aromatic rings. The second-order valence-electron chi connectivity index (χ2n) is 5.50. The standard InChI is InChI=1S/C17H17ClN2O2S/c1-23(22)16-4-2-3-15(10-16)19-17(21)20-8-7-12-5-6-14(18)9-13(12)11-20/h2-6,9-10H,7-8,11H2,1H3,(H,19,21)/t23-/m1/s1. The summed E-state index contributed by atoms with van der Waals surface area (Å²) in [6.45, 7) is 1.21. The Morgan fingerprint density at radius 1 is 1.22 bits per heavy atom. The molecule has 1 atom stereocenters. The molecule has 120 valence electrons. The van der Waals surface area contributed by atoms with Gasteiger partial charge in [-0.25, -0.2) is 4.79 Å². The number of rotatable bonds is 2. The number of anilines is 1. The number of hydrogen-bond acceptors (Lipinski definition) is 2. The summed E-state index contributed by atoms with van der Waals surface area (Å²) in [6.07, 6.45) is 2.44. The van der Waals surface area contributed by atoms with Crippen LogP contribution in [0.1, 0.15) is 11.1 Å². The maximum absolute atomic E-state index is 12.4. The van der Waals surface area contributed by atoms with E-state index < -0.39 is 10.8 Å². The Hall–Kier alpha value is -1.85. The number of carbonyl (C=O) groups excluding carboxylic acids is 1. The third-order valence-electron chi connectivity index (χ3n) is 3.89. The smallest absolute Gasteiger partial charge is 0.320 e. The van der Waals surface area contributed by atoms with Crippen molar-refractivity contribution >= 4 is 34.1 Å². The zero-order valence-corrected chi connectivity index (χ0v) is 14.3. The highest BCUT2D eigenvalue weighted by atomic mass is 35.5. The lowest BCUT2D eigenvalue weighted by Crippen LogP contribution is -2.38. The maximum atomic E-state index is 12.4. The molecule has 0 fully saturated rings. The molecule has 2 aromatic carbocycles. The lowest BCUT2D eigenvalue weighted by Gasteiger charge is -2.29. The number of nitrogens with one attached hydrogen (secondary N) is 1. The van der Waals surface area contributed by atoms with Gasteiger partial charge in [-0.15, -0.1) is 0 Å². The van der Waals surface area contributed by atoms with E-state index >= 15 is 0 Å². The van der Waals surface area contributed by atoms with Crippen LogP contribution in [0.3, 0.4) is 0 Å². The lowest BCUT2D eigenvalue weighted by atomic mass is 10.0. The van der Waals surface area contributed by atoms with Gasteiger partial charge >= 0.3 is 6.03 Å². The van der Waals surface area contributed by atoms with Crippen molar-refractivity contribution in [1.82, 2.24) is 4.90 Å². The van der Waals surface area contributed by atoms with E-state index in [1.165, 1.54) is 5.56 Å². The Balaban J connectivity index is 1.72. The molecule has 0 aromatic heterocycles. The molecule has 0 aliphatic carbocycles. The number of hydrogen-bond donors (Lipinski definition) is 1. The van der Waals surface area contributed by atoms with Crippen LogP contribution in [0.4, 0.5) is 10.5 Å². The first-order valence-electron chi connectivity index (χ1n) is 7.29. The van der Waals surface area contributed by atoms with Gasteiger partial charge in [-0.05, 0) is 47.9 Å². The molecule has 0 bridgehead atoms. The fourth-order valence-electron chi connectivity index (χ4n) is 2.65. The molecule has 1 N–H and O–H groups in total. The van der Waals surface area contributed by atoms with Crippen molar-refractivity contribution in [2.45, 2.75) is 17.9 Å². The Morgan fingerprint density at radius 2 is 2.04 bits per heavy atom. The first-order valence-corrected chi connectivity index (χ1v) is 9.23. The highest BCUT2D eigenvalue weighted by Crippen LogP contribution is 2.23. The number of fused-ring (bicyclic) bond motifs is 1. The van der Waals surface area contributed by atoms with E-state index in [4.69, 9.17) is 11.6 Å². The van der Waals surface area contributed by atoms with Crippen LogP contribution in [0.5, 0.6) is 0 Å². The number of nitrogens with zero attached hydrogens (tertiary/aromatic N) is 1. The van der Waals surface area contributed by atoms with Gasteiger partial charge < -0.3 is 10.2 Å². The number of halogens is 1. The summed E-state index contributed by atoms with van der Waals surface area (Å²) >= 11 is 6.03. The van der Waals surface area contributed by atoms with E-state index in [2.05, 4.69) is 5.32 Å². The van der Waals surface area contributed by atoms with E-state index in [9.17, 15) is 9.00 Å². The molecule has 2 amide bonds. The second kappa shape index (κ2) is 6.72. The Labute approximate surface area is 142 Å². The minimum Gasteiger partial charge on any atom is -0.320 e.